The zero-order valence-corrected chi connectivity index (χ0v) is 21.6. The van der Waals surface area contributed by atoms with E-state index in [1.165, 1.54) is 4.88 Å². The van der Waals surface area contributed by atoms with Gasteiger partial charge in [0.05, 0.1) is 13.2 Å². The number of hydrogen-bond donors (Lipinski definition) is 0. The monoisotopic (exact) mass is 512 g/mol. The molecule has 0 fully saturated rings. The van der Waals surface area contributed by atoms with Gasteiger partial charge in [-0.2, -0.15) is 0 Å². The number of halogens is 1. The molecule has 8 heteroatoms. The molecule has 3 aromatic rings. The lowest BCUT2D eigenvalue weighted by Gasteiger charge is -2.37. The number of methoxy groups -OCH3 is 1. The van der Waals surface area contributed by atoms with Crippen LogP contribution in [0.1, 0.15) is 40.7 Å². The predicted molar refractivity (Wildman–Crippen MR) is 139 cm³/mol. The van der Waals surface area contributed by atoms with Crippen molar-refractivity contribution in [1.29, 1.82) is 0 Å². The van der Waals surface area contributed by atoms with Crippen molar-refractivity contribution in [2.75, 3.05) is 26.8 Å². The minimum Gasteiger partial charge on any atom is -0.497 e. The van der Waals surface area contributed by atoms with E-state index in [-0.39, 0.29) is 30.4 Å². The number of carbonyl (C=O) groups is 2. The molecule has 0 aliphatic carbocycles. The Morgan fingerprint density at radius 1 is 1.14 bits per heavy atom. The predicted octanol–water partition coefficient (Wildman–Crippen LogP) is 5.47. The smallest absolute Gasteiger partial charge is 0.254 e. The quantitative estimate of drug-likeness (QED) is 0.402. The number of fused-ring (bicyclic) bond motifs is 1. The lowest BCUT2D eigenvalue weighted by atomic mass is 10.00. The molecule has 6 nitrogen and oxygen atoms in total. The van der Waals surface area contributed by atoms with E-state index in [1.54, 1.807) is 59.7 Å². The number of rotatable bonds is 8. The van der Waals surface area contributed by atoms with E-state index < -0.39 is 0 Å². The number of benzene rings is 2. The second-order valence-electron chi connectivity index (χ2n) is 8.68. The molecule has 0 saturated heterocycles. The van der Waals surface area contributed by atoms with Crippen LogP contribution in [0.15, 0.2) is 60.0 Å². The summed E-state index contributed by atoms with van der Waals surface area (Å²) in [6.45, 7) is 4.73. The Labute approximate surface area is 215 Å². The van der Waals surface area contributed by atoms with Crippen LogP contribution < -0.4 is 9.47 Å². The summed E-state index contributed by atoms with van der Waals surface area (Å²) < 4.78 is 11.3. The maximum Gasteiger partial charge on any atom is 0.254 e. The molecule has 1 aliphatic heterocycles. The van der Waals surface area contributed by atoms with Gasteiger partial charge in [0.1, 0.15) is 24.7 Å². The maximum atomic E-state index is 13.6. The Balaban J connectivity index is 1.53. The Kier molecular flexibility index (Phi) is 7.98. The van der Waals surface area contributed by atoms with Crippen molar-refractivity contribution in [3.05, 3.63) is 81.0 Å². The number of amides is 2. The van der Waals surface area contributed by atoms with E-state index in [1.807, 2.05) is 30.9 Å². The van der Waals surface area contributed by atoms with E-state index >= 15 is 0 Å². The highest BCUT2D eigenvalue weighted by Crippen LogP contribution is 2.34. The van der Waals surface area contributed by atoms with Gasteiger partial charge < -0.3 is 19.3 Å². The summed E-state index contributed by atoms with van der Waals surface area (Å²) in [5, 5.41) is 2.70. The summed E-state index contributed by atoms with van der Waals surface area (Å²) in [5.41, 5.74) is 1.60. The standard InChI is InChI=1S/C27H29ClN2O4S/c1-18(2)30(27(32)19-5-4-6-22(15-19)33-3)16-26(31)29-13-11-25-23(12-14-35-25)24(29)17-34-21-9-7-20(28)8-10-21/h4-10,12,14-15,18,24H,11,13,16-17H2,1-3H3. The van der Waals surface area contributed by atoms with Crippen LogP contribution in [0.25, 0.3) is 0 Å². The fourth-order valence-electron chi connectivity index (χ4n) is 4.23. The fraction of sp³-hybridized carbons (Fsp3) is 0.333. The van der Waals surface area contributed by atoms with Crippen LogP contribution in [-0.4, -0.2) is 54.5 Å². The van der Waals surface area contributed by atoms with Gasteiger partial charge in [-0.1, -0.05) is 17.7 Å². The lowest BCUT2D eigenvalue weighted by Crippen LogP contribution is -2.49. The maximum absolute atomic E-state index is 13.6. The highest BCUT2D eigenvalue weighted by atomic mass is 35.5. The summed E-state index contributed by atoms with van der Waals surface area (Å²) >= 11 is 7.70. The molecule has 1 atom stereocenters. The Bertz CT molecular complexity index is 1180. The first kappa shape index (κ1) is 25.1. The molecule has 4 rings (SSSR count). The third kappa shape index (κ3) is 5.80. The first-order valence-corrected chi connectivity index (χ1v) is 12.8. The van der Waals surface area contributed by atoms with Gasteiger partial charge in [-0.05, 0) is 79.7 Å². The average Bonchev–Trinajstić information content (AvgIpc) is 3.35. The molecule has 184 valence electrons. The van der Waals surface area contributed by atoms with Crippen LogP contribution in [0.3, 0.4) is 0 Å². The van der Waals surface area contributed by atoms with Crippen molar-refractivity contribution < 1.29 is 19.1 Å². The summed E-state index contributed by atoms with van der Waals surface area (Å²) in [5.74, 6) is 0.999. The third-order valence-corrected chi connectivity index (χ3v) is 7.39. The van der Waals surface area contributed by atoms with Crippen LogP contribution in [0, 0.1) is 0 Å². The fourth-order valence-corrected chi connectivity index (χ4v) is 5.28. The van der Waals surface area contributed by atoms with Gasteiger partial charge in [0.2, 0.25) is 5.91 Å². The molecule has 2 amide bonds. The van der Waals surface area contributed by atoms with Crippen molar-refractivity contribution in [1.82, 2.24) is 9.80 Å². The summed E-state index contributed by atoms with van der Waals surface area (Å²) in [4.78, 5) is 31.6. The molecular weight excluding hydrogens is 484 g/mol. The van der Waals surface area contributed by atoms with Crippen LogP contribution >= 0.6 is 22.9 Å². The average molecular weight is 513 g/mol. The second-order valence-corrected chi connectivity index (χ2v) is 10.1. The third-order valence-electron chi connectivity index (χ3n) is 6.14. The van der Waals surface area contributed by atoms with Gasteiger partial charge in [0.15, 0.2) is 0 Å². The van der Waals surface area contributed by atoms with Crippen molar-refractivity contribution in [3.63, 3.8) is 0 Å². The van der Waals surface area contributed by atoms with Gasteiger partial charge in [-0.15, -0.1) is 11.3 Å². The summed E-state index contributed by atoms with van der Waals surface area (Å²) in [6, 6.07) is 15.9. The molecule has 0 bridgehead atoms. The molecule has 0 saturated carbocycles. The van der Waals surface area contributed by atoms with E-state index in [9.17, 15) is 9.59 Å². The van der Waals surface area contributed by atoms with E-state index in [0.717, 1.165) is 12.0 Å². The number of nitrogens with zero attached hydrogens (tertiary/aromatic N) is 2. The van der Waals surface area contributed by atoms with Gasteiger partial charge in [0, 0.05) is 28.0 Å². The number of carbonyl (C=O) groups excluding carboxylic acids is 2. The molecule has 1 unspecified atom stereocenters. The topological polar surface area (TPSA) is 59.1 Å². The van der Waals surface area contributed by atoms with Crippen LogP contribution in [0.5, 0.6) is 11.5 Å². The van der Waals surface area contributed by atoms with E-state index in [0.29, 0.717) is 35.2 Å². The molecule has 0 N–H and O–H groups in total. The Morgan fingerprint density at radius 3 is 2.63 bits per heavy atom. The van der Waals surface area contributed by atoms with E-state index in [4.69, 9.17) is 21.1 Å². The van der Waals surface area contributed by atoms with Crippen molar-refractivity contribution in [3.8, 4) is 11.5 Å². The first-order chi connectivity index (χ1) is 16.9. The van der Waals surface area contributed by atoms with E-state index in [2.05, 4.69) is 11.4 Å². The molecule has 2 heterocycles. The van der Waals surface area contributed by atoms with Gasteiger partial charge in [-0.3, -0.25) is 9.59 Å². The molecule has 2 aromatic carbocycles. The number of ether oxygens (including phenoxy) is 2. The van der Waals surface area contributed by atoms with Gasteiger partial charge >= 0.3 is 0 Å². The normalized spacial score (nSPS) is 15.0. The minimum atomic E-state index is -0.228. The molecule has 1 aromatic heterocycles. The Morgan fingerprint density at radius 2 is 1.91 bits per heavy atom. The second kappa shape index (κ2) is 11.1. The van der Waals surface area contributed by atoms with Gasteiger partial charge in [-0.25, -0.2) is 0 Å². The number of hydrogen-bond acceptors (Lipinski definition) is 5. The largest absolute Gasteiger partial charge is 0.497 e. The highest BCUT2D eigenvalue weighted by molar-refractivity contribution is 7.10. The first-order valence-electron chi connectivity index (χ1n) is 11.6. The molecular formula is C27H29ClN2O4S. The lowest BCUT2D eigenvalue weighted by molar-refractivity contribution is -0.136. The summed E-state index contributed by atoms with van der Waals surface area (Å²) in [6.07, 6.45) is 0.793. The minimum absolute atomic E-state index is 0.00930. The van der Waals surface area contributed by atoms with Crippen LogP contribution in [-0.2, 0) is 11.2 Å². The van der Waals surface area contributed by atoms with Crippen molar-refractivity contribution >= 4 is 34.8 Å². The molecule has 0 radical (unpaired) electrons. The Hall–Kier alpha value is -3.03. The van der Waals surface area contributed by atoms with Crippen LogP contribution in [0.2, 0.25) is 5.02 Å². The van der Waals surface area contributed by atoms with Crippen molar-refractivity contribution in [2.45, 2.75) is 32.4 Å². The highest BCUT2D eigenvalue weighted by Gasteiger charge is 2.34. The number of thiophene rings is 1. The van der Waals surface area contributed by atoms with Crippen molar-refractivity contribution in [2.24, 2.45) is 0 Å². The molecule has 35 heavy (non-hydrogen) atoms. The SMILES string of the molecule is COc1cccc(C(=O)N(CC(=O)N2CCc3sccc3C2COc2ccc(Cl)cc2)C(C)C)c1. The zero-order chi connectivity index (χ0) is 24.9. The molecule has 1 aliphatic rings. The molecule has 0 spiro atoms. The summed E-state index contributed by atoms with van der Waals surface area (Å²) in [7, 11) is 1.56. The van der Waals surface area contributed by atoms with Crippen LogP contribution in [0.4, 0.5) is 0 Å². The van der Waals surface area contributed by atoms with Gasteiger partial charge in [0.25, 0.3) is 5.91 Å². The zero-order valence-electron chi connectivity index (χ0n) is 20.1.